The zero-order valence-electron chi connectivity index (χ0n) is 7.62. The molecular weight excluding hydrogens is 158 g/mol. The van der Waals surface area contributed by atoms with E-state index in [2.05, 4.69) is 4.74 Å². The fourth-order valence-electron chi connectivity index (χ4n) is 1.08. The molecule has 0 aromatic carbocycles. The molecule has 0 saturated carbocycles. The Labute approximate surface area is 72.7 Å². The fourth-order valence-corrected chi connectivity index (χ4v) is 1.08. The quantitative estimate of drug-likeness (QED) is 0.572. The van der Waals surface area contributed by atoms with Gasteiger partial charge in [-0.05, 0) is 6.42 Å². The van der Waals surface area contributed by atoms with Gasteiger partial charge >= 0.3 is 5.97 Å². The van der Waals surface area contributed by atoms with Gasteiger partial charge < -0.3 is 15.6 Å². The van der Waals surface area contributed by atoms with Crippen LogP contribution in [-0.2, 0) is 9.53 Å². The third-order valence-corrected chi connectivity index (χ3v) is 1.88. The van der Waals surface area contributed by atoms with Crippen molar-refractivity contribution in [2.45, 2.75) is 25.8 Å². The normalized spacial score (nSPS) is 15.3. The van der Waals surface area contributed by atoms with Crippen LogP contribution in [0.2, 0.25) is 0 Å². The van der Waals surface area contributed by atoms with Crippen LogP contribution in [0.1, 0.15) is 19.8 Å². The summed E-state index contributed by atoms with van der Waals surface area (Å²) < 4.78 is 4.47. The Morgan fingerprint density at radius 3 is 2.58 bits per heavy atom. The lowest BCUT2D eigenvalue weighted by Crippen LogP contribution is -2.40. The van der Waals surface area contributed by atoms with Crippen molar-refractivity contribution in [1.29, 1.82) is 0 Å². The van der Waals surface area contributed by atoms with Gasteiger partial charge in [-0.3, -0.25) is 4.79 Å². The number of ether oxygens (including phenoxy) is 1. The molecular formula is C8H17NO3. The van der Waals surface area contributed by atoms with E-state index in [-0.39, 0.29) is 12.5 Å². The van der Waals surface area contributed by atoms with Crippen molar-refractivity contribution in [2.24, 2.45) is 11.7 Å². The van der Waals surface area contributed by atoms with Gasteiger partial charge in [-0.1, -0.05) is 13.3 Å². The van der Waals surface area contributed by atoms with Gasteiger partial charge in [0.1, 0.15) is 6.04 Å². The third-order valence-electron chi connectivity index (χ3n) is 1.88. The highest BCUT2D eigenvalue weighted by Gasteiger charge is 2.23. The predicted octanol–water partition coefficient (Wildman–Crippen LogP) is -0.105. The average molecular weight is 175 g/mol. The monoisotopic (exact) mass is 175 g/mol. The molecule has 72 valence electrons. The first-order valence-electron chi connectivity index (χ1n) is 4.11. The minimum Gasteiger partial charge on any atom is -0.468 e. The minimum atomic E-state index is -0.694. The van der Waals surface area contributed by atoms with Crippen LogP contribution >= 0.6 is 0 Å². The van der Waals surface area contributed by atoms with Crippen LogP contribution in [0.15, 0.2) is 0 Å². The molecule has 4 nitrogen and oxygen atoms in total. The Morgan fingerprint density at radius 2 is 2.25 bits per heavy atom. The van der Waals surface area contributed by atoms with E-state index in [0.29, 0.717) is 0 Å². The van der Waals surface area contributed by atoms with E-state index in [1.807, 2.05) is 6.92 Å². The number of nitrogens with two attached hydrogens (primary N) is 1. The molecule has 3 N–H and O–H groups in total. The van der Waals surface area contributed by atoms with Crippen LogP contribution in [0.5, 0.6) is 0 Å². The number of esters is 1. The van der Waals surface area contributed by atoms with Gasteiger partial charge in [-0.15, -0.1) is 0 Å². The zero-order valence-corrected chi connectivity index (χ0v) is 7.62. The Hall–Kier alpha value is -0.610. The predicted molar refractivity (Wildman–Crippen MR) is 45.5 cm³/mol. The Morgan fingerprint density at radius 1 is 1.67 bits per heavy atom. The molecule has 0 aromatic rings. The van der Waals surface area contributed by atoms with Crippen LogP contribution in [0.3, 0.4) is 0 Å². The van der Waals surface area contributed by atoms with Crippen molar-refractivity contribution in [3.63, 3.8) is 0 Å². The molecule has 2 atom stereocenters. The summed E-state index contributed by atoms with van der Waals surface area (Å²) in [7, 11) is 1.29. The molecule has 0 bridgehead atoms. The van der Waals surface area contributed by atoms with Crippen molar-refractivity contribution in [3.8, 4) is 0 Å². The summed E-state index contributed by atoms with van der Waals surface area (Å²) in [6, 6.07) is -0.694. The summed E-state index contributed by atoms with van der Waals surface area (Å²) in [5, 5.41) is 8.88. The van der Waals surface area contributed by atoms with Gasteiger partial charge in [0.05, 0.1) is 7.11 Å². The summed E-state index contributed by atoms with van der Waals surface area (Å²) in [5.41, 5.74) is 5.53. The summed E-state index contributed by atoms with van der Waals surface area (Å²) in [5.74, 6) is -0.634. The molecule has 0 aliphatic rings. The molecule has 12 heavy (non-hydrogen) atoms. The minimum absolute atomic E-state index is 0.0654. The molecule has 1 unspecified atom stereocenters. The second-order valence-electron chi connectivity index (χ2n) is 2.78. The van der Waals surface area contributed by atoms with E-state index in [1.54, 1.807) is 0 Å². The molecule has 0 aliphatic heterocycles. The van der Waals surface area contributed by atoms with Gasteiger partial charge in [-0.25, -0.2) is 0 Å². The number of hydrogen-bond acceptors (Lipinski definition) is 4. The lowest BCUT2D eigenvalue weighted by atomic mass is 9.96. The van der Waals surface area contributed by atoms with Gasteiger partial charge in [0.2, 0.25) is 0 Å². The Balaban J connectivity index is 4.00. The van der Waals surface area contributed by atoms with Crippen LogP contribution in [0.4, 0.5) is 0 Å². The lowest BCUT2D eigenvalue weighted by molar-refractivity contribution is -0.144. The number of aliphatic hydroxyl groups is 1. The lowest BCUT2D eigenvalue weighted by Gasteiger charge is -2.18. The molecule has 0 heterocycles. The topological polar surface area (TPSA) is 72.5 Å². The van der Waals surface area contributed by atoms with E-state index in [4.69, 9.17) is 10.8 Å². The maximum absolute atomic E-state index is 10.9. The summed E-state index contributed by atoms with van der Waals surface area (Å²) >= 11 is 0. The van der Waals surface area contributed by atoms with E-state index in [9.17, 15) is 4.79 Å². The molecule has 0 amide bonds. The van der Waals surface area contributed by atoms with E-state index >= 15 is 0 Å². The second-order valence-corrected chi connectivity index (χ2v) is 2.78. The molecule has 0 rings (SSSR count). The van der Waals surface area contributed by atoms with Gasteiger partial charge in [0.25, 0.3) is 0 Å². The van der Waals surface area contributed by atoms with Crippen LogP contribution in [0, 0.1) is 5.92 Å². The van der Waals surface area contributed by atoms with E-state index < -0.39 is 12.0 Å². The van der Waals surface area contributed by atoms with Crippen molar-refractivity contribution >= 4 is 5.97 Å². The summed E-state index contributed by atoms with van der Waals surface area (Å²) in [6.45, 7) is 1.91. The van der Waals surface area contributed by atoms with Crippen LogP contribution in [0.25, 0.3) is 0 Å². The smallest absolute Gasteiger partial charge is 0.323 e. The highest BCUT2D eigenvalue weighted by atomic mass is 16.5. The summed E-state index contributed by atoms with van der Waals surface area (Å²) in [6.07, 6.45) is 1.64. The van der Waals surface area contributed by atoms with Gasteiger partial charge in [0, 0.05) is 12.5 Å². The molecule has 0 fully saturated rings. The highest BCUT2D eigenvalue weighted by Crippen LogP contribution is 2.09. The molecule has 4 heteroatoms. The first kappa shape index (κ1) is 11.4. The first-order valence-corrected chi connectivity index (χ1v) is 4.11. The first-order chi connectivity index (χ1) is 5.67. The number of aliphatic hydroxyl groups excluding tert-OH is 1. The summed E-state index contributed by atoms with van der Waals surface area (Å²) in [4.78, 5) is 10.9. The van der Waals surface area contributed by atoms with Gasteiger partial charge in [-0.2, -0.15) is 0 Å². The SMILES string of the molecule is CCCC(CO)[C@H](N)C(=O)OC. The molecule has 0 aromatic heterocycles. The van der Waals surface area contributed by atoms with Crippen LogP contribution in [-0.4, -0.2) is 30.8 Å². The van der Waals surface area contributed by atoms with Crippen molar-refractivity contribution in [3.05, 3.63) is 0 Å². The molecule has 0 spiro atoms. The molecule has 0 radical (unpaired) electrons. The number of methoxy groups -OCH3 is 1. The maximum Gasteiger partial charge on any atom is 0.323 e. The second kappa shape index (κ2) is 5.97. The van der Waals surface area contributed by atoms with E-state index in [1.165, 1.54) is 7.11 Å². The Bertz CT molecular complexity index is 138. The fraction of sp³-hybridized carbons (Fsp3) is 0.875. The van der Waals surface area contributed by atoms with Crippen LogP contribution < -0.4 is 5.73 Å². The number of hydrogen-bond donors (Lipinski definition) is 2. The zero-order chi connectivity index (χ0) is 9.56. The van der Waals surface area contributed by atoms with Crippen molar-refractivity contribution in [2.75, 3.05) is 13.7 Å². The average Bonchev–Trinajstić information content (AvgIpc) is 2.11. The number of carbonyl (C=O) groups is 1. The van der Waals surface area contributed by atoms with Crippen molar-refractivity contribution in [1.82, 2.24) is 0 Å². The number of carbonyl (C=O) groups excluding carboxylic acids is 1. The maximum atomic E-state index is 10.9. The van der Waals surface area contributed by atoms with Gasteiger partial charge in [0.15, 0.2) is 0 Å². The standard InChI is InChI=1S/C8H17NO3/c1-3-4-6(5-10)7(9)8(11)12-2/h6-7,10H,3-5,9H2,1-2H3/t6?,7-/m0/s1. The molecule has 0 saturated heterocycles. The highest BCUT2D eigenvalue weighted by molar-refractivity contribution is 5.75. The largest absolute Gasteiger partial charge is 0.468 e. The molecule has 0 aliphatic carbocycles. The Kier molecular flexibility index (Phi) is 5.66. The van der Waals surface area contributed by atoms with E-state index in [0.717, 1.165) is 12.8 Å². The number of rotatable bonds is 5. The van der Waals surface area contributed by atoms with Crippen molar-refractivity contribution < 1.29 is 14.6 Å². The third kappa shape index (κ3) is 3.19.